The van der Waals surface area contributed by atoms with Crippen molar-refractivity contribution < 1.29 is 17.9 Å². The fourth-order valence-electron chi connectivity index (χ4n) is 2.85. The Kier molecular flexibility index (Phi) is 8.32. The molecule has 3 rings (SSSR count). The van der Waals surface area contributed by atoms with Crippen molar-refractivity contribution in [2.24, 2.45) is 0 Å². The molecule has 32 heavy (non-hydrogen) atoms. The Balaban J connectivity index is 1.52. The first-order chi connectivity index (χ1) is 15.4. The van der Waals surface area contributed by atoms with E-state index in [0.717, 1.165) is 34.6 Å². The van der Waals surface area contributed by atoms with E-state index in [1.165, 1.54) is 0 Å². The third kappa shape index (κ3) is 6.59. The Bertz CT molecular complexity index is 1140. The van der Waals surface area contributed by atoms with Crippen LogP contribution in [0.4, 0.5) is 5.13 Å². The van der Waals surface area contributed by atoms with Crippen molar-refractivity contribution in [1.29, 1.82) is 0 Å². The minimum Gasteiger partial charge on any atom is -0.493 e. The molecule has 2 N–H and O–H groups in total. The van der Waals surface area contributed by atoms with Crippen molar-refractivity contribution >= 4 is 32.4 Å². The van der Waals surface area contributed by atoms with Crippen molar-refractivity contribution in [2.45, 2.75) is 37.4 Å². The summed E-state index contributed by atoms with van der Waals surface area (Å²) in [6.45, 7) is 4.86. The molecule has 0 atom stereocenters. The highest BCUT2D eigenvalue weighted by Gasteiger charge is 2.20. The summed E-state index contributed by atoms with van der Waals surface area (Å²) in [6, 6.07) is 14.8. The number of hydrogen-bond acceptors (Lipinski definition) is 7. The number of nitrogens with zero attached hydrogens (tertiary/aromatic N) is 2. The van der Waals surface area contributed by atoms with Crippen LogP contribution in [0.25, 0.3) is 0 Å². The zero-order chi connectivity index (χ0) is 23.0. The number of benzene rings is 2. The van der Waals surface area contributed by atoms with Crippen LogP contribution in [0.15, 0.2) is 52.9 Å². The van der Waals surface area contributed by atoms with Gasteiger partial charge in [-0.3, -0.25) is 10.1 Å². The van der Waals surface area contributed by atoms with Gasteiger partial charge in [0.05, 0.1) is 6.61 Å². The second kappa shape index (κ2) is 11.2. The van der Waals surface area contributed by atoms with Gasteiger partial charge in [0.15, 0.2) is 0 Å². The van der Waals surface area contributed by atoms with Crippen molar-refractivity contribution in [1.82, 2.24) is 14.9 Å². The molecule has 0 fully saturated rings. The van der Waals surface area contributed by atoms with Gasteiger partial charge in [0.25, 0.3) is 15.9 Å². The molecule has 0 spiro atoms. The van der Waals surface area contributed by atoms with Crippen LogP contribution in [0.1, 0.15) is 41.3 Å². The van der Waals surface area contributed by atoms with Gasteiger partial charge < -0.3 is 4.74 Å². The Hall–Kier alpha value is -2.82. The van der Waals surface area contributed by atoms with E-state index in [4.69, 9.17) is 4.74 Å². The molecule has 0 bridgehead atoms. The summed E-state index contributed by atoms with van der Waals surface area (Å²) in [4.78, 5) is 12.3. The van der Waals surface area contributed by atoms with E-state index < -0.39 is 10.0 Å². The smallest absolute Gasteiger partial charge is 0.269 e. The first-order valence-corrected chi connectivity index (χ1v) is 12.6. The number of nitrogens with one attached hydrogen (secondary N) is 2. The van der Waals surface area contributed by atoms with Crippen LogP contribution < -0.4 is 14.8 Å². The average molecular weight is 475 g/mol. The van der Waals surface area contributed by atoms with Gasteiger partial charge in [0.2, 0.25) is 9.47 Å². The number of sulfonamides is 1. The van der Waals surface area contributed by atoms with Crippen molar-refractivity contribution in [3.05, 3.63) is 65.2 Å². The second-order valence-electron chi connectivity index (χ2n) is 7.15. The Morgan fingerprint density at radius 1 is 1.09 bits per heavy atom. The molecule has 0 radical (unpaired) electrons. The number of anilines is 1. The minimum absolute atomic E-state index is 0.123. The summed E-state index contributed by atoms with van der Waals surface area (Å²) in [6.07, 6.45) is 2.20. The van der Waals surface area contributed by atoms with Crippen LogP contribution in [0.5, 0.6) is 5.75 Å². The fourth-order valence-corrected chi connectivity index (χ4v) is 4.86. The van der Waals surface area contributed by atoms with Crippen LogP contribution in [0.3, 0.4) is 0 Å². The molecule has 3 aromatic rings. The summed E-state index contributed by atoms with van der Waals surface area (Å²) in [7, 11) is -3.81. The molecule has 2 aromatic carbocycles. The van der Waals surface area contributed by atoms with Crippen LogP contribution in [0, 0.1) is 6.92 Å². The molecule has 8 nitrogen and oxygen atoms in total. The molecular formula is C22H26N4O4S2. The summed E-state index contributed by atoms with van der Waals surface area (Å²) in [5.41, 5.74) is 2.53. The van der Waals surface area contributed by atoms with Gasteiger partial charge in [-0.05, 0) is 49.9 Å². The van der Waals surface area contributed by atoms with Gasteiger partial charge in [-0.2, -0.15) is 0 Å². The second-order valence-corrected chi connectivity index (χ2v) is 10.1. The van der Waals surface area contributed by atoms with Gasteiger partial charge in [0.1, 0.15) is 5.75 Å². The van der Waals surface area contributed by atoms with E-state index in [1.807, 2.05) is 50.2 Å². The lowest BCUT2D eigenvalue weighted by molar-refractivity contribution is 0.102. The molecule has 0 aliphatic carbocycles. The van der Waals surface area contributed by atoms with Gasteiger partial charge in [-0.1, -0.05) is 54.2 Å². The third-order valence-electron chi connectivity index (χ3n) is 4.52. The van der Waals surface area contributed by atoms with E-state index in [2.05, 4.69) is 20.2 Å². The molecule has 10 heteroatoms. The molecule has 1 amide bonds. The molecule has 0 saturated carbocycles. The van der Waals surface area contributed by atoms with Crippen LogP contribution >= 0.6 is 11.3 Å². The monoisotopic (exact) mass is 474 g/mol. The number of carbonyl (C=O) groups is 1. The molecular weight excluding hydrogens is 448 g/mol. The van der Waals surface area contributed by atoms with Crippen molar-refractivity contribution in [3.8, 4) is 5.75 Å². The van der Waals surface area contributed by atoms with Gasteiger partial charge in [-0.25, -0.2) is 13.1 Å². The molecule has 170 valence electrons. The summed E-state index contributed by atoms with van der Waals surface area (Å²) < 4.78 is 33.1. The highest BCUT2D eigenvalue weighted by atomic mass is 32.2. The van der Waals surface area contributed by atoms with Crippen LogP contribution in [0.2, 0.25) is 0 Å². The summed E-state index contributed by atoms with van der Waals surface area (Å²) in [5.74, 6) is 0.456. The van der Waals surface area contributed by atoms with Crippen molar-refractivity contribution in [3.63, 3.8) is 0 Å². The fraction of sp³-hybridized carbons (Fsp3) is 0.318. The number of rotatable bonds is 11. The van der Waals surface area contributed by atoms with E-state index in [1.54, 1.807) is 12.1 Å². The lowest BCUT2D eigenvalue weighted by Crippen LogP contribution is -2.25. The number of amides is 1. The zero-order valence-electron chi connectivity index (χ0n) is 18.0. The highest BCUT2D eigenvalue weighted by molar-refractivity contribution is 7.91. The SMILES string of the molecule is CCCOc1ccccc1CCCNS(=O)(=O)c1nnc(NC(=O)c2ccc(C)cc2)s1. The van der Waals surface area contributed by atoms with E-state index in [0.29, 0.717) is 25.0 Å². The highest BCUT2D eigenvalue weighted by Crippen LogP contribution is 2.22. The Labute approximate surface area is 192 Å². The van der Waals surface area contributed by atoms with Gasteiger partial charge in [-0.15, -0.1) is 10.2 Å². The molecule has 1 heterocycles. The Morgan fingerprint density at radius 2 is 1.84 bits per heavy atom. The topological polar surface area (TPSA) is 110 Å². The molecule has 0 unspecified atom stereocenters. The zero-order valence-corrected chi connectivity index (χ0v) is 19.6. The summed E-state index contributed by atoms with van der Waals surface area (Å²) >= 11 is 0.807. The molecule has 0 saturated heterocycles. The first kappa shape index (κ1) is 23.8. The quantitative estimate of drug-likeness (QED) is 0.323. The van der Waals surface area contributed by atoms with Gasteiger partial charge in [0, 0.05) is 12.1 Å². The predicted octanol–water partition coefficient (Wildman–Crippen LogP) is 3.80. The average Bonchev–Trinajstić information content (AvgIpc) is 3.26. The molecule has 0 aliphatic heterocycles. The van der Waals surface area contributed by atoms with E-state index in [9.17, 15) is 13.2 Å². The maximum absolute atomic E-state index is 12.5. The van der Waals surface area contributed by atoms with Crippen LogP contribution in [-0.4, -0.2) is 37.7 Å². The number of aryl methyl sites for hydroxylation is 2. The number of hydrogen-bond donors (Lipinski definition) is 2. The maximum Gasteiger partial charge on any atom is 0.269 e. The van der Waals surface area contributed by atoms with E-state index in [-0.39, 0.29) is 21.9 Å². The predicted molar refractivity (Wildman–Crippen MR) is 125 cm³/mol. The number of para-hydroxylation sites is 1. The lowest BCUT2D eigenvalue weighted by Gasteiger charge is -2.10. The largest absolute Gasteiger partial charge is 0.493 e. The number of carbonyl (C=O) groups excluding carboxylic acids is 1. The third-order valence-corrected chi connectivity index (χ3v) is 7.19. The number of aromatic nitrogens is 2. The van der Waals surface area contributed by atoms with E-state index >= 15 is 0 Å². The molecule has 1 aromatic heterocycles. The van der Waals surface area contributed by atoms with Crippen molar-refractivity contribution in [2.75, 3.05) is 18.5 Å². The lowest BCUT2D eigenvalue weighted by atomic mass is 10.1. The first-order valence-electron chi connectivity index (χ1n) is 10.3. The maximum atomic E-state index is 12.5. The van der Waals surface area contributed by atoms with Gasteiger partial charge >= 0.3 is 0 Å². The van der Waals surface area contributed by atoms with Crippen LogP contribution in [-0.2, 0) is 16.4 Å². The standard InChI is InChI=1S/C22H26N4O4S2/c1-3-15-30-19-9-5-4-7-17(19)8-6-14-23-32(28,29)22-26-25-21(31-22)24-20(27)18-12-10-16(2)11-13-18/h4-5,7,9-13,23H,3,6,8,14-15H2,1-2H3,(H,24,25,27). The summed E-state index contributed by atoms with van der Waals surface area (Å²) in [5, 5.41) is 10.2. The normalized spacial score (nSPS) is 11.3. The Morgan fingerprint density at radius 3 is 2.59 bits per heavy atom. The molecule has 0 aliphatic rings. The minimum atomic E-state index is -3.81. The number of ether oxygens (including phenoxy) is 1.